The van der Waals surface area contributed by atoms with Gasteiger partial charge in [0.15, 0.2) is 0 Å². The zero-order valence-corrected chi connectivity index (χ0v) is 11.4. The van der Waals surface area contributed by atoms with Crippen LogP contribution in [0.1, 0.15) is 21.5 Å². The van der Waals surface area contributed by atoms with E-state index < -0.39 is 0 Å². The molecular weight excluding hydrogens is 264 g/mol. The number of aryl methyl sites for hydroxylation is 1. The van der Waals surface area contributed by atoms with E-state index in [-0.39, 0.29) is 11.7 Å². The van der Waals surface area contributed by atoms with Gasteiger partial charge in [0.05, 0.1) is 11.3 Å². The third kappa shape index (κ3) is 1.56. The SMILES string of the molecule is Cc1cccc2c1NC(=O)/C2=C1\Nc2ccccc2C1=O. The number of carbonyl (C=O) groups excluding carboxylic acids is 2. The minimum atomic E-state index is -0.233. The Morgan fingerprint density at radius 2 is 1.62 bits per heavy atom. The van der Waals surface area contributed by atoms with E-state index >= 15 is 0 Å². The molecule has 1 amide bonds. The van der Waals surface area contributed by atoms with Gasteiger partial charge in [-0.2, -0.15) is 0 Å². The molecule has 4 rings (SSSR count). The molecule has 2 aliphatic heterocycles. The third-order valence-corrected chi connectivity index (χ3v) is 3.92. The second kappa shape index (κ2) is 4.06. The average molecular weight is 276 g/mol. The molecule has 0 saturated heterocycles. The van der Waals surface area contributed by atoms with Gasteiger partial charge in [-0.25, -0.2) is 0 Å². The van der Waals surface area contributed by atoms with Crippen molar-refractivity contribution in [3.63, 3.8) is 0 Å². The largest absolute Gasteiger partial charge is 0.351 e. The van der Waals surface area contributed by atoms with Crippen LogP contribution in [0, 0.1) is 6.92 Å². The van der Waals surface area contributed by atoms with Gasteiger partial charge in [-0.05, 0) is 24.6 Å². The smallest absolute Gasteiger partial charge is 0.258 e. The van der Waals surface area contributed by atoms with Crippen LogP contribution in [0.15, 0.2) is 48.2 Å². The van der Waals surface area contributed by atoms with Crippen LogP contribution in [0.2, 0.25) is 0 Å². The van der Waals surface area contributed by atoms with Crippen LogP contribution in [0.5, 0.6) is 0 Å². The predicted molar refractivity (Wildman–Crippen MR) is 81.1 cm³/mol. The first-order chi connectivity index (χ1) is 10.2. The highest BCUT2D eigenvalue weighted by Crippen LogP contribution is 2.39. The fourth-order valence-electron chi connectivity index (χ4n) is 2.88. The molecule has 21 heavy (non-hydrogen) atoms. The van der Waals surface area contributed by atoms with Crippen molar-refractivity contribution in [2.45, 2.75) is 6.92 Å². The normalized spacial score (nSPS) is 19.1. The van der Waals surface area contributed by atoms with E-state index in [4.69, 9.17) is 0 Å². The lowest BCUT2D eigenvalue weighted by Crippen LogP contribution is -2.11. The summed E-state index contributed by atoms with van der Waals surface area (Å²) in [7, 11) is 0. The van der Waals surface area contributed by atoms with Crippen LogP contribution in [0.4, 0.5) is 11.4 Å². The first-order valence-corrected chi connectivity index (χ1v) is 6.73. The maximum absolute atomic E-state index is 12.5. The number of anilines is 2. The summed E-state index contributed by atoms with van der Waals surface area (Å²) in [5.74, 6) is -0.368. The van der Waals surface area contributed by atoms with Crippen molar-refractivity contribution < 1.29 is 9.59 Å². The van der Waals surface area contributed by atoms with E-state index in [0.29, 0.717) is 16.8 Å². The minimum Gasteiger partial charge on any atom is -0.351 e. The quantitative estimate of drug-likeness (QED) is 0.727. The number of carbonyl (C=O) groups is 2. The Labute approximate surface area is 121 Å². The number of allylic oxidation sites excluding steroid dienone is 1. The van der Waals surface area contributed by atoms with Crippen LogP contribution in [0.3, 0.4) is 0 Å². The van der Waals surface area contributed by atoms with Gasteiger partial charge in [0.2, 0.25) is 5.78 Å². The second-order valence-corrected chi connectivity index (χ2v) is 5.20. The van der Waals surface area contributed by atoms with Gasteiger partial charge in [0.1, 0.15) is 5.70 Å². The summed E-state index contributed by atoms with van der Waals surface area (Å²) in [5, 5.41) is 5.94. The molecule has 0 unspecified atom stereocenters. The number of nitrogens with one attached hydrogen (secondary N) is 2. The van der Waals surface area contributed by atoms with E-state index in [1.807, 2.05) is 43.3 Å². The Kier molecular flexibility index (Phi) is 2.30. The maximum Gasteiger partial charge on any atom is 0.258 e. The molecule has 2 N–H and O–H groups in total. The summed E-state index contributed by atoms with van der Waals surface area (Å²) in [6, 6.07) is 13.0. The van der Waals surface area contributed by atoms with E-state index in [1.165, 1.54) is 0 Å². The molecule has 0 spiro atoms. The Morgan fingerprint density at radius 1 is 0.857 bits per heavy atom. The highest BCUT2D eigenvalue weighted by Gasteiger charge is 2.35. The molecule has 4 nitrogen and oxygen atoms in total. The van der Waals surface area contributed by atoms with Gasteiger partial charge in [0, 0.05) is 16.8 Å². The van der Waals surface area contributed by atoms with E-state index in [0.717, 1.165) is 22.5 Å². The Morgan fingerprint density at radius 3 is 2.43 bits per heavy atom. The fraction of sp³-hybridized carbons (Fsp3) is 0.0588. The first kappa shape index (κ1) is 11.9. The Balaban J connectivity index is 1.95. The summed E-state index contributed by atoms with van der Waals surface area (Å²) in [6.07, 6.45) is 0. The van der Waals surface area contributed by atoms with Gasteiger partial charge in [0.25, 0.3) is 5.91 Å². The van der Waals surface area contributed by atoms with Gasteiger partial charge in [-0.1, -0.05) is 30.3 Å². The summed E-state index contributed by atoms with van der Waals surface area (Å²) in [5.41, 5.74) is 4.69. The molecule has 2 aromatic carbocycles. The molecule has 2 heterocycles. The topological polar surface area (TPSA) is 58.2 Å². The number of Topliss-reactive ketones (excluding diaryl/α,β-unsaturated/α-hetero) is 1. The molecule has 0 radical (unpaired) electrons. The third-order valence-electron chi connectivity index (χ3n) is 3.92. The Bertz CT molecular complexity index is 850. The summed E-state index contributed by atoms with van der Waals surface area (Å²) < 4.78 is 0. The van der Waals surface area contributed by atoms with Crippen molar-refractivity contribution in [1.82, 2.24) is 0 Å². The molecule has 0 fully saturated rings. The lowest BCUT2D eigenvalue weighted by atomic mass is 10.0. The number of para-hydroxylation sites is 2. The molecular formula is C17H12N2O2. The number of benzene rings is 2. The molecule has 0 atom stereocenters. The monoisotopic (exact) mass is 276 g/mol. The summed E-state index contributed by atoms with van der Waals surface area (Å²) >= 11 is 0. The molecule has 4 heteroatoms. The zero-order valence-electron chi connectivity index (χ0n) is 11.4. The molecule has 2 aromatic rings. The number of rotatable bonds is 0. The van der Waals surface area contributed by atoms with Crippen molar-refractivity contribution in [2.24, 2.45) is 0 Å². The zero-order chi connectivity index (χ0) is 14.6. The van der Waals surface area contributed by atoms with E-state index in [1.54, 1.807) is 6.07 Å². The summed E-state index contributed by atoms with van der Waals surface area (Å²) in [4.78, 5) is 24.8. The second-order valence-electron chi connectivity index (χ2n) is 5.20. The molecule has 0 bridgehead atoms. The van der Waals surface area contributed by atoms with Crippen molar-refractivity contribution in [2.75, 3.05) is 10.6 Å². The molecule has 0 aromatic heterocycles. The standard InChI is InChI=1S/C17H12N2O2/c1-9-5-4-7-11-13(17(21)19-14(9)11)15-16(20)10-6-2-3-8-12(10)18-15/h2-8,18H,1H3,(H,19,21)/b15-13-. The van der Waals surface area contributed by atoms with Gasteiger partial charge in [-0.15, -0.1) is 0 Å². The molecule has 2 aliphatic rings. The minimum absolute atomic E-state index is 0.134. The summed E-state index contributed by atoms with van der Waals surface area (Å²) in [6.45, 7) is 1.94. The number of amides is 1. The molecule has 0 saturated carbocycles. The lowest BCUT2D eigenvalue weighted by Gasteiger charge is -2.04. The first-order valence-electron chi connectivity index (χ1n) is 6.73. The fourth-order valence-corrected chi connectivity index (χ4v) is 2.88. The van der Waals surface area contributed by atoms with Gasteiger partial charge in [-0.3, -0.25) is 9.59 Å². The van der Waals surface area contributed by atoms with Crippen LogP contribution in [-0.2, 0) is 4.79 Å². The lowest BCUT2D eigenvalue weighted by molar-refractivity contribution is -0.110. The van der Waals surface area contributed by atoms with Crippen LogP contribution >= 0.6 is 0 Å². The number of hydrogen-bond acceptors (Lipinski definition) is 3. The Hall–Kier alpha value is -2.88. The number of fused-ring (bicyclic) bond motifs is 2. The molecule has 0 aliphatic carbocycles. The average Bonchev–Trinajstić information content (AvgIpc) is 2.98. The van der Waals surface area contributed by atoms with Crippen molar-refractivity contribution in [3.05, 3.63) is 64.9 Å². The van der Waals surface area contributed by atoms with Gasteiger partial charge >= 0.3 is 0 Å². The number of hydrogen-bond donors (Lipinski definition) is 2. The van der Waals surface area contributed by atoms with Crippen molar-refractivity contribution in [1.29, 1.82) is 0 Å². The number of ketones is 1. The highest BCUT2D eigenvalue weighted by molar-refractivity contribution is 6.39. The molecule has 102 valence electrons. The van der Waals surface area contributed by atoms with Crippen LogP contribution in [-0.4, -0.2) is 11.7 Å². The van der Waals surface area contributed by atoms with Crippen molar-refractivity contribution >= 4 is 28.6 Å². The van der Waals surface area contributed by atoms with E-state index in [2.05, 4.69) is 10.6 Å². The predicted octanol–water partition coefficient (Wildman–Crippen LogP) is 2.97. The maximum atomic E-state index is 12.5. The van der Waals surface area contributed by atoms with Crippen LogP contribution in [0.25, 0.3) is 5.57 Å². The highest BCUT2D eigenvalue weighted by atomic mass is 16.2. The van der Waals surface area contributed by atoms with Crippen molar-refractivity contribution in [3.8, 4) is 0 Å². The van der Waals surface area contributed by atoms with Gasteiger partial charge < -0.3 is 10.6 Å². The van der Waals surface area contributed by atoms with E-state index in [9.17, 15) is 9.59 Å². The van der Waals surface area contributed by atoms with Crippen LogP contribution < -0.4 is 10.6 Å².